The third kappa shape index (κ3) is 4.33. The number of nitrogens with zero attached hydrogens (tertiary/aromatic N) is 2. The predicted molar refractivity (Wildman–Crippen MR) is 104 cm³/mol. The Morgan fingerprint density at radius 1 is 0.926 bits per heavy atom. The second-order valence-electron chi connectivity index (χ2n) is 6.52. The van der Waals surface area contributed by atoms with E-state index in [9.17, 15) is 15.0 Å². The van der Waals surface area contributed by atoms with Crippen LogP contribution < -0.4 is 4.90 Å². The molecule has 0 saturated heterocycles. The molecule has 0 unspecified atom stereocenters. The molecule has 1 heterocycles. The summed E-state index contributed by atoms with van der Waals surface area (Å²) in [6.45, 7) is 0.578. The second kappa shape index (κ2) is 8.01. The summed E-state index contributed by atoms with van der Waals surface area (Å²) in [4.78, 5) is 18.4. The molecule has 0 aliphatic heterocycles. The molecule has 27 heavy (non-hydrogen) atoms. The van der Waals surface area contributed by atoms with E-state index in [0.717, 1.165) is 11.4 Å². The van der Waals surface area contributed by atoms with Gasteiger partial charge in [-0.3, -0.25) is 4.98 Å². The van der Waals surface area contributed by atoms with Gasteiger partial charge in [0, 0.05) is 24.8 Å². The fraction of sp³-hybridized carbons (Fsp3) is 0.182. The van der Waals surface area contributed by atoms with Crippen molar-refractivity contribution < 1.29 is 15.0 Å². The molecule has 1 aromatic heterocycles. The SMILES string of the molecule is CN(Cc1cccc(C[C@@](O)(C(=O)O)c2ccccc2)n1)c1ccccc1. The molecule has 0 aliphatic carbocycles. The molecule has 5 nitrogen and oxygen atoms in total. The zero-order valence-corrected chi connectivity index (χ0v) is 15.1. The summed E-state index contributed by atoms with van der Waals surface area (Å²) in [5.74, 6) is -1.29. The largest absolute Gasteiger partial charge is 0.479 e. The molecule has 1 atom stereocenters. The molecule has 3 rings (SSSR count). The number of hydrogen-bond donors (Lipinski definition) is 2. The zero-order chi connectivity index (χ0) is 19.3. The molecule has 5 heteroatoms. The van der Waals surface area contributed by atoms with Gasteiger partial charge in [-0.2, -0.15) is 0 Å². The summed E-state index contributed by atoms with van der Waals surface area (Å²) < 4.78 is 0. The standard InChI is InChI=1S/C22H22N2O3/c1-24(20-13-6-3-7-14-20)16-19-12-8-11-18(23-19)15-22(27,21(25)26)17-9-4-2-5-10-17/h2-14,27H,15-16H2,1H3,(H,25,26)/t22-/m0/s1. The minimum atomic E-state index is -2.02. The topological polar surface area (TPSA) is 73.7 Å². The van der Waals surface area contributed by atoms with Gasteiger partial charge in [0.25, 0.3) is 0 Å². The van der Waals surface area contributed by atoms with E-state index < -0.39 is 11.6 Å². The number of para-hydroxylation sites is 1. The second-order valence-corrected chi connectivity index (χ2v) is 6.52. The van der Waals surface area contributed by atoms with E-state index in [0.29, 0.717) is 17.8 Å². The number of carboxylic acid groups (broad SMARTS) is 1. The lowest BCUT2D eigenvalue weighted by molar-refractivity contribution is -0.159. The van der Waals surface area contributed by atoms with Crippen LogP contribution in [0, 0.1) is 0 Å². The van der Waals surface area contributed by atoms with Crippen molar-refractivity contribution in [1.29, 1.82) is 0 Å². The Hall–Kier alpha value is -3.18. The molecule has 2 N–H and O–H groups in total. The highest BCUT2D eigenvalue weighted by atomic mass is 16.4. The number of aliphatic hydroxyl groups is 1. The Morgan fingerprint density at radius 3 is 2.15 bits per heavy atom. The number of aliphatic carboxylic acids is 1. The number of carboxylic acids is 1. The number of anilines is 1. The first-order valence-electron chi connectivity index (χ1n) is 8.71. The van der Waals surface area contributed by atoms with Crippen molar-refractivity contribution in [2.75, 3.05) is 11.9 Å². The lowest BCUT2D eigenvalue weighted by Crippen LogP contribution is -2.38. The Kier molecular flexibility index (Phi) is 5.52. The van der Waals surface area contributed by atoms with E-state index in [1.807, 2.05) is 49.5 Å². The van der Waals surface area contributed by atoms with Crippen LogP contribution in [0.2, 0.25) is 0 Å². The summed E-state index contributed by atoms with van der Waals surface area (Å²) in [5, 5.41) is 20.4. The highest BCUT2D eigenvalue weighted by Gasteiger charge is 2.38. The minimum absolute atomic E-state index is 0.102. The molecule has 0 amide bonds. The molecule has 0 radical (unpaired) electrons. The first-order valence-corrected chi connectivity index (χ1v) is 8.71. The van der Waals surface area contributed by atoms with Crippen LogP contribution >= 0.6 is 0 Å². The van der Waals surface area contributed by atoms with Gasteiger partial charge in [-0.25, -0.2) is 4.79 Å². The third-order valence-corrected chi connectivity index (χ3v) is 4.50. The van der Waals surface area contributed by atoms with Crippen LogP contribution in [0.25, 0.3) is 0 Å². The van der Waals surface area contributed by atoms with Gasteiger partial charge in [0.15, 0.2) is 5.60 Å². The van der Waals surface area contributed by atoms with Crippen LogP contribution in [-0.4, -0.2) is 28.2 Å². The van der Waals surface area contributed by atoms with Crippen LogP contribution in [0.1, 0.15) is 17.0 Å². The quantitative estimate of drug-likeness (QED) is 0.675. The van der Waals surface area contributed by atoms with Crippen LogP contribution in [0.4, 0.5) is 5.69 Å². The first kappa shape index (κ1) is 18.6. The van der Waals surface area contributed by atoms with Gasteiger partial charge in [-0.1, -0.05) is 54.6 Å². The fourth-order valence-electron chi connectivity index (χ4n) is 3.01. The predicted octanol–water partition coefficient (Wildman–Crippen LogP) is 3.23. The van der Waals surface area contributed by atoms with Crippen molar-refractivity contribution in [3.63, 3.8) is 0 Å². The number of pyridine rings is 1. The van der Waals surface area contributed by atoms with E-state index in [4.69, 9.17) is 0 Å². The molecule has 0 saturated carbocycles. The maximum atomic E-state index is 11.8. The van der Waals surface area contributed by atoms with Crippen LogP contribution in [0.5, 0.6) is 0 Å². The number of hydrogen-bond acceptors (Lipinski definition) is 4. The van der Waals surface area contributed by atoms with E-state index in [1.165, 1.54) is 0 Å². The molecule has 0 aliphatic rings. The average molecular weight is 362 g/mol. The van der Waals surface area contributed by atoms with E-state index in [1.54, 1.807) is 36.4 Å². The lowest BCUT2D eigenvalue weighted by atomic mass is 9.89. The summed E-state index contributed by atoms with van der Waals surface area (Å²) >= 11 is 0. The summed E-state index contributed by atoms with van der Waals surface area (Å²) in [5.41, 5.74) is 0.725. The number of benzene rings is 2. The average Bonchev–Trinajstić information content (AvgIpc) is 2.69. The summed E-state index contributed by atoms with van der Waals surface area (Å²) in [6.07, 6.45) is -0.102. The number of carbonyl (C=O) groups is 1. The van der Waals surface area contributed by atoms with Gasteiger partial charge in [-0.15, -0.1) is 0 Å². The summed E-state index contributed by atoms with van der Waals surface area (Å²) in [6, 6.07) is 23.8. The van der Waals surface area contributed by atoms with Gasteiger partial charge in [-0.05, 0) is 29.8 Å². The van der Waals surface area contributed by atoms with Crippen molar-refractivity contribution in [2.24, 2.45) is 0 Å². The van der Waals surface area contributed by atoms with Crippen LogP contribution in [-0.2, 0) is 23.4 Å². The van der Waals surface area contributed by atoms with E-state index >= 15 is 0 Å². The van der Waals surface area contributed by atoms with Crippen LogP contribution in [0.15, 0.2) is 78.9 Å². The van der Waals surface area contributed by atoms with Gasteiger partial charge in [0.2, 0.25) is 0 Å². The third-order valence-electron chi connectivity index (χ3n) is 4.50. The smallest absolute Gasteiger partial charge is 0.340 e. The summed E-state index contributed by atoms with van der Waals surface area (Å²) in [7, 11) is 1.97. The molecular weight excluding hydrogens is 340 g/mol. The van der Waals surface area contributed by atoms with Crippen molar-refractivity contribution in [3.8, 4) is 0 Å². The Morgan fingerprint density at radius 2 is 1.52 bits per heavy atom. The molecule has 0 bridgehead atoms. The van der Waals surface area contributed by atoms with Crippen LogP contribution in [0.3, 0.4) is 0 Å². The van der Waals surface area contributed by atoms with Crippen molar-refractivity contribution in [1.82, 2.24) is 4.98 Å². The first-order chi connectivity index (χ1) is 13.0. The Balaban J connectivity index is 1.81. The van der Waals surface area contributed by atoms with Crippen molar-refractivity contribution in [2.45, 2.75) is 18.6 Å². The monoisotopic (exact) mass is 362 g/mol. The Bertz CT molecular complexity index is 900. The molecular formula is C22H22N2O3. The molecule has 3 aromatic rings. The molecule has 0 spiro atoms. The fourth-order valence-corrected chi connectivity index (χ4v) is 3.01. The minimum Gasteiger partial charge on any atom is -0.479 e. The lowest BCUT2D eigenvalue weighted by Gasteiger charge is -2.24. The molecule has 138 valence electrons. The van der Waals surface area contributed by atoms with E-state index in [-0.39, 0.29) is 6.42 Å². The highest BCUT2D eigenvalue weighted by Crippen LogP contribution is 2.26. The highest BCUT2D eigenvalue weighted by molar-refractivity contribution is 5.79. The molecule has 0 fully saturated rings. The van der Waals surface area contributed by atoms with Gasteiger partial charge >= 0.3 is 5.97 Å². The normalized spacial score (nSPS) is 13.0. The zero-order valence-electron chi connectivity index (χ0n) is 15.1. The Labute approximate surface area is 158 Å². The maximum Gasteiger partial charge on any atom is 0.340 e. The van der Waals surface area contributed by atoms with Crippen molar-refractivity contribution >= 4 is 11.7 Å². The van der Waals surface area contributed by atoms with Gasteiger partial charge in [0.1, 0.15) is 0 Å². The van der Waals surface area contributed by atoms with E-state index in [2.05, 4.69) is 9.88 Å². The van der Waals surface area contributed by atoms with Gasteiger partial charge in [0.05, 0.1) is 12.2 Å². The van der Waals surface area contributed by atoms with Gasteiger partial charge < -0.3 is 15.1 Å². The van der Waals surface area contributed by atoms with Crippen molar-refractivity contribution in [3.05, 3.63) is 95.8 Å². The maximum absolute atomic E-state index is 11.8. The number of rotatable bonds is 7. The number of aromatic nitrogens is 1. The molecule has 2 aromatic carbocycles.